The molecule has 4 rings (SSSR count). The number of methoxy groups -OCH3 is 1. The molecular weight excluding hydrogens is 389 g/mol. The van der Waals surface area contributed by atoms with Crippen molar-refractivity contribution in [3.05, 3.63) is 76.0 Å². The lowest BCUT2D eigenvalue weighted by Crippen LogP contribution is -2.35. The van der Waals surface area contributed by atoms with E-state index in [-0.39, 0.29) is 11.5 Å². The fourth-order valence-electron chi connectivity index (χ4n) is 3.42. The van der Waals surface area contributed by atoms with Crippen molar-refractivity contribution in [2.45, 2.75) is 13.0 Å². The number of carbonyl (C=O) groups excluding carboxylic acids is 1. The topological polar surface area (TPSA) is 89.3 Å². The number of para-hydroxylation sites is 1. The summed E-state index contributed by atoms with van der Waals surface area (Å²) in [5.41, 5.74) is 0.900. The summed E-state index contributed by atoms with van der Waals surface area (Å²) >= 11 is 0. The third-order valence-corrected chi connectivity index (χ3v) is 4.94. The summed E-state index contributed by atoms with van der Waals surface area (Å²) < 4.78 is 19.9. The molecule has 154 valence electrons. The summed E-state index contributed by atoms with van der Waals surface area (Å²) in [6, 6.07) is 13.4. The number of amides is 1. The summed E-state index contributed by atoms with van der Waals surface area (Å²) in [6.07, 6.45) is 0.549. The monoisotopic (exact) mass is 409 g/mol. The van der Waals surface area contributed by atoms with Gasteiger partial charge in [-0.2, -0.15) is 0 Å². The molecule has 0 bridgehead atoms. The summed E-state index contributed by atoms with van der Waals surface area (Å²) in [7, 11) is 1.59. The molecule has 1 aliphatic heterocycles. The number of fused-ring (bicyclic) bond motifs is 1. The zero-order chi connectivity index (χ0) is 21.1. The number of benzene rings is 2. The first kappa shape index (κ1) is 19.6. The number of rotatable bonds is 6. The van der Waals surface area contributed by atoms with Gasteiger partial charge < -0.3 is 15.0 Å². The first-order chi connectivity index (χ1) is 14.6. The predicted molar refractivity (Wildman–Crippen MR) is 109 cm³/mol. The summed E-state index contributed by atoms with van der Waals surface area (Å²) in [5, 5.41) is 10.7. The lowest BCUT2D eigenvalue weighted by atomic mass is 10.1. The molecule has 0 atom stereocenters. The molecular formula is C21H20FN5O3. The number of nitrogens with one attached hydrogen (secondary N) is 1. The van der Waals surface area contributed by atoms with Crippen LogP contribution in [-0.2, 0) is 13.0 Å². The van der Waals surface area contributed by atoms with Crippen LogP contribution in [0.25, 0.3) is 0 Å². The maximum atomic E-state index is 13.2. The number of hydrogen-bond donors (Lipinski definition) is 1. The normalized spacial score (nSPS) is 12.5. The number of ether oxygens (including phenoxy) is 1. The Bertz CT molecular complexity index is 1130. The molecule has 1 aliphatic rings. The first-order valence-corrected chi connectivity index (χ1v) is 9.49. The van der Waals surface area contributed by atoms with Crippen LogP contribution in [0.5, 0.6) is 5.75 Å². The second kappa shape index (κ2) is 8.32. The van der Waals surface area contributed by atoms with E-state index in [0.717, 1.165) is 11.3 Å². The Morgan fingerprint density at radius 3 is 2.67 bits per heavy atom. The van der Waals surface area contributed by atoms with E-state index < -0.39 is 11.5 Å². The zero-order valence-electron chi connectivity index (χ0n) is 16.3. The van der Waals surface area contributed by atoms with Crippen molar-refractivity contribution in [2.24, 2.45) is 0 Å². The van der Waals surface area contributed by atoms with Gasteiger partial charge in [-0.25, -0.2) is 4.39 Å². The number of aromatic nitrogens is 3. The van der Waals surface area contributed by atoms with Gasteiger partial charge in [0.25, 0.3) is 11.5 Å². The molecule has 2 aromatic carbocycles. The SMILES string of the molecule is COc1ccccc1CCNC(=O)c1nnc2n(c1=O)CCN2c1ccc(F)cc1. The van der Waals surface area contributed by atoms with Crippen LogP contribution in [0, 0.1) is 5.82 Å². The molecule has 0 unspecified atom stereocenters. The Balaban J connectivity index is 1.47. The first-order valence-electron chi connectivity index (χ1n) is 9.49. The third-order valence-electron chi connectivity index (χ3n) is 4.94. The van der Waals surface area contributed by atoms with Gasteiger partial charge in [-0.05, 0) is 42.3 Å². The predicted octanol–water partition coefficient (Wildman–Crippen LogP) is 1.91. The fraction of sp³-hybridized carbons (Fsp3) is 0.238. The highest BCUT2D eigenvalue weighted by Gasteiger charge is 2.27. The highest BCUT2D eigenvalue weighted by Crippen LogP contribution is 2.26. The maximum Gasteiger partial charge on any atom is 0.286 e. The Hall–Kier alpha value is -3.75. The van der Waals surface area contributed by atoms with Crippen molar-refractivity contribution in [1.29, 1.82) is 0 Å². The lowest BCUT2D eigenvalue weighted by Gasteiger charge is -2.16. The quantitative estimate of drug-likeness (QED) is 0.669. The van der Waals surface area contributed by atoms with E-state index in [1.807, 2.05) is 24.3 Å². The van der Waals surface area contributed by atoms with E-state index >= 15 is 0 Å². The number of nitrogens with zero attached hydrogens (tertiary/aromatic N) is 4. The van der Waals surface area contributed by atoms with E-state index in [1.165, 1.54) is 16.7 Å². The van der Waals surface area contributed by atoms with Crippen LogP contribution in [0.2, 0.25) is 0 Å². The van der Waals surface area contributed by atoms with Crippen molar-refractivity contribution >= 4 is 17.5 Å². The highest BCUT2D eigenvalue weighted by molar-refractivity contribution is 5.91. The van der Waals surface area contributed by atoms with Gasteiger partial charge in [0.15, 0.2) is 0 Å². The molecule has 9 heteroatoms. The average molecular weight is 409 g/mol. The Morgan fingerprint density at radius 2 is 1.90 bits per heavy atom. The van der Waals surface area contributed by atoms with Gasteiger partial charge in [-0.15, -0.1) is 10.2 Å². The molecule has 30 heavy (non-hydrogen) atoms. The summed E-state index contributed by atoms with van der Waals surface area (Å²) in [5.74, 6) is 0.154. The molecule has 3 aromatic rings. The minimum atomic E-state index is -0.571. The molecule has 0 radical (unpaired) electrons. The van der Waals surface area contributed by atoms with E-state index in [2.05, 4.69) is 15.5 Å². The number of anilines is 2. The van der Waals surface area contributed by atoms with Crippen LogP contribution in [0.4, 0.5) is 16.0 Å². The molecule has 2 heterocycles. The van der Waals surface area contributed by atoms with Gasteiger partial charge in [0, 0.05) is 25.3 Å². The van der Waals surface area contributed by atoms with Crippen LogP contribution in [0.3, 0.4) is 0 Å². The van der Waals surface area contributed by atoms with Crippen LogP contribution in [-0.4, -0.2) is 40.9 Å². The molecule has 0 fully saturated rings. The molecule has 1 amide bonds. The smallest absolute Gasteiger partial charge is 0.286 e. The van der Waals surface area contributed by atoms with E-state index in [4.69, 9.17) is 4.74 Å². The molecule has 0 saturated carbocycles. The number of hydrogen-bond acceptors (Lipinski definition) is 6. The molecule has 0 spiro atoms. The van der Waals surface area contributed by atoms with Crippen LogP contribution in [0.15, 0.2) is 53.3 Å². The van der Waals surface area contributed by atoms with E-state index in [9.17, 15) is 14.0 Å². The summed E-state index contributed by atoms with van der Waals surface area (Å²) in [6.45, 7) is 1.17. The van der Waals surface area contributed by atoms with Gasteiger partial charge in [-0.3, -0.25) is 14.2 Å². The number of carbonyl (C=O) groups is 1. The van der Waals surface area contributed by atoms with Crippen LogP contribution >= 0.6 is 0 Å². The van der Waals surface area contributed by atoms with Gasteiger partial charge >= 0.3 is 0 Å². The van der Waals surface area contributed by atoms with Gasteiger partial charge in [0.2, 0.25) is 11.6 Å². The van der Waals surface area contributed by atoms with Crippen molar-refractivity contribution in [1.82, 2.24) is 20.1 Å². The second-order valence-corrected chi connectivity index (χ2v) is 6.75. The largest absolute Gasteiger partial charge is 0.496 e. The third kappa shape index (κ3) is 3.73. The van der Waals surface area contributed by atoms with E-state index in [1.54, 1.807) is 24.1 Å². The Morgan fingerprint density at radius 1 is 1.13 bits per heavy atom. The number of halogens is 1. The Kier molecular flexibility index (Phi) is 5.42. The van der Waals surface area contributed by atoms with Gasteiger partial charge in [0.05, 0.1) is 7.11 Å². The second-order valence-electron chi connectivity index (χ2n) is 6.75. The zero-order valence-corrected chi connectivity index (χ0v) is 16.3. The van der Waals surface area contributed by atoms with Crippen molar-refractivity contribution < 1.29 is 13.9 Å². The summed E-state index contributed by atoms with van der Waals surface area (Å²) in [4.78, 5) is 27.0. The molecule has 0 aliphatic carbocycles. The molecule has 1 N–H and O–H groups in total. The molecule has 1 aromatic heterocycles. The van der Waals surface area contributed by atoms with Crippen LogP contribution < -0.4 is 20.5 Å². The lowest BCUT2D eigenvalue weighted by molar-refractivity contribution is 0.0945. The van der Waals surface area contributed by atoms with Gasteiger partial charge in [-0.1, -0.05) is 18.2 Å². The van der Waals surface area contributed by atoms with Gasteiger partial charge in [0.1, 0.15) is 11.6 Å². The van der Waals surface area contributed by atoms with Crippen molar-refractivity contribution in [2.75, 3.05) is 25.1 Å². The minimum Gasteiger partial charge on any atom is -0.496 e. The highest BCUT2D eigenvalue weighted by atomic mass is 19.1. The fourth-order valence-corrected chi connectivity index (χ4v) is 3.42. The standard InChI is InChI=1S/C21H20FN5O3/c1-30-17-5-3-2-4-14(17)10-11-23-19(28)18-20(29)27-13-12-26(21(27)25-24-18)16-8-6-15(22)7-9-16/h2-9H,10-13H2,1H3,(H,23,28). The molecule has 8 nitrogen and oxygen atoms in total. The van der Waals surface area contributed by atoms with E-state index in [0.29, 0.717) is 37.7 Å². The molecule has 0 saturated heterocycles. The van der Waals surface area contributed by atoms with Crippen molar-refractivity contribution in [3.63, 3.8) is 0 Å². The maximum absolute atomic E-state index is 13.2. The van der Waals surface area contributed by atoms with Crippen LogP contribution in [0.1, 0.15) is 16.1 Å². The average Bonchev–Trinajstić information content (AvgIpc) is 3.20. The van der Waals surface area contributed by atoms with Crippen molar-refractivity contribution in [3.8, 4) is 5.75 Å². The minimum absolute atomic E-state index is 0.250. The Labute approximate surface area is 171 Å².